The second kappa shape index (κ2) is 3.83. The fraction of sp³-hybridized carbons (Fsp3) is 0.800. The molecule has 5 rings (SSSR count). The van der Waals surface area contributed by atoms with Crippen molar-refractivity contribution in [2.45, 2.75) is 50.5 Å². The summed E-state index contributed by atoms with van der Waals surface area (Å²) in [7, 11) is 1.99. The SMILES string of the molecule is CNCc1cnc(C23CC4CC(CC(C4)C2)C3)[nH]1. The van der Waals surface area contributed by atoms with E-state index in [1.54, 1.807) is 0 Å². The van der Waals surface area contributed by atoms with Crippen LogP contribution in [0.4, 0.5) is 0 Å². The van der Waals surface area contributed by atoms with Crippen LogP contribution in [0, 0.1) is 17.8 Å². The topological polar surface area (TPSA) is 40.7 Å². The molecule has 0 radical (unpaired) electrons. The third kappa shape index (κ3) is 1.56. The Labute approximate surface area is 109 Å². The Morgan fingerprint density at radius 1 is 1.22 bits per heavy atom. The second-order valence-electron chi connectivity index (χ2n) is 6.99. The van der Waals surface area contributed by atoms with E-state index >= 15 is 0 Å². The van der Waals surface area contributed by atoms with Crippen LogP contribution in [-0.2, 0) is 12.0 Å². The Morgan fingerprint density at radius 2 is 1.83 bits per heavy atom. The first-order chi connectivity index (χ1) is 8.77. The average Bonchev–Trinajstić information content (AvgIpc) is 2.77. The van der Waals surface area contributed by atoms with Crippen molar-refractivity contribution in [3.8, 4) is 0 Å². The maximum absolute atomic E-state index is 4.73. The molecule has 18 heavy (non-hydrogen) atoms. The smallest absolute Gasteiger partial charge is 0.112 e. The maximum atomic E-state index is 4.73. The molecule has 2 N–H and O–H groups in total. The van der Waals surface area contributed by atoms with E-state index in [1.165, 1.54) is 50.0 Å². The minimum Gasteiger partial charge on any atom is -0.344 e. The Hall–Kier alpha value is -0.830. The Bertz CT molecular complexity index is 413. The molecular formula is C15H23N3. The van der Waals surface area contributed by atoms with Crippen LogP contribution in [0.25, 0.3) is 0 Å². The van der Waals surface area contributed by atoms with Gasteiger partial charge in [0, 0.05) is 23.9 Å². The van der Waals surface area contributed by atoms with Crippen LogP contribution in [0.1, 0.15) is 50.0 Å². The van der Waals surface area contributed by atoms with Crippen molar-refractivity contribution in [2.75, 3.05) is 7.05 Å². The monoisotopic (exact) mass is 245 g/mol. The number of H-pyrrole nitrogens is 1. The molecule has 0 unspecified atom stereocenters. The first-order valence-corrected chi connectivity index (χ1v) is 7.46. The predicted molar refractivity (Wildman–Crippen MR) is 71.2 cm³/mol. The quantitative estimate of drug-likeness (QED) is 0.859. The highest BCUT2D eigenvalue weighted by atomic mass is 15.0. The lowest BCUT2D eigenvalue weighted by molar-refractivity contribution is -0.00905. The lowest BCUT2D eigenvalue weighted by Gasteiger charge is -2.56. The highest BCUT2D eigenvalue weighted by Gasteiger charge is 2.52. The summed E-state index contributed by atoms with van der Waals surface area (Å²) in [5, 5.41) is 3.20. The number of aromatic nitrogens is 2. The van der Waals surface area contributed by atoms with Gasteiger partial charge in [-0.1, -0.05) is 0 Å². The van der Waals surface area contributed by atoms with Gasteiger partial charge in [0.15, 0.2) is 0 Å². The van der Waals surface area contributed by atoms with Gasteiger partial charge in [0.05, 0.1) is 0 Å². The third-order valence-corrected chi connectivity index (χ3v) is 5.54. The molecule has 4 aliphatic rings. The molecule has 0 aromatic carbocycles. The molecule has 4 aliphatic carbocycles. The summed E-state index contributed by atoms with van der Waals surface area (Å²) < 4.78 is 0. The van der Waals surface area contributed by atoms with E-state index in [-0.39, 0.29) is 0 Å². The van der Waals surface area contributed by atoms with Gasteiger partial charge in [-0.2, -0.15) is 0 Å². The lowest BCUT2D eigenvalue weighted by atomic mass is 9.49. The number of hydrogen-bond acceptors (Lipinski definition) is 2. The lowest BCUT2D eigenvalue weighted by Crippen LogP contribution is -2.49. The zero-order chi connectivity index (χ0) is 12.2. The summed E-state index contributed by atoms with van der Waals surface area (Å²) in [6.45, 7) is 0.902. The molecular weight excluding hydrogens is 222 g/mol. The fourth-order valence-corrected chi connectivity index (χ4v) is 5.31. The molecule has 4 saturated carbocycles. The molecule has 4 bridgehead atoms. The molecule has 98 valence electrons. The van der Waals surface area contributed by atoms with E-state index in [2.05, 4.69) is 10.3 Å². The Balaban J connectivity index is 1.66. The van der Waals surface area contributed by atoms with Gasteiger partial charge in [0.1, 0.15) is 5.82 Å². The van der Waals surface area contributed by atoms with Gasteiger partial charge < -0.3 is 10.3 Å². The largest absolute Gasteiger partial charge is 0.344 e. The third-order valence-electron chi connectivity index (χ3n) is 5.54. The van der Waals surface area contributed by atoms with Crippen molar-refractivity contribution in [2.24, 2.45) is 17.8 Å². The summed E-state index contributed by atoms with van der Waals surface area (Å²) in [5.74, 6) is 4.28. The Morgan fingerprint density at radius 3 is 2.39 bits per heavy atom. The van der Waals surface area contributed by atoms with E-state index in [4.69, 9.17) is 4.98 Å². The molecule has 0 amide bonds. The zero-order valence-electron chi connectivity index (χ0n) is 11.2. The number of hydrogen-bond donors (Lipinski definition) is 2. The summed E-state index contributed by atoms with van der Waals surface area (Å²) >= 11 is 0. The number of imidazole rings is 1. The summed E-state index contributed by atoms with van der Waals surface area (Å²) in [6, 6.07) is 0. The minimum atomic E-state index is 0.417. The van der Waals surface area contributed by atoms with Gasteiger partial charge in [0.25, 0.3) is 0 Å². The van der Waals surface area contributed by atoms with Crippen LogP contribution in [0.15, 0.2) is 6.20 Å². The molecule has 4 fully saturated rings. The second-order valence-corrected chi connectivity index (χ2v) is 6.99. The minimum absolute atomic E-state index is 0.417. The first-order valence-electron chi connectivity index (χ1n) is 7.46. The van der Waals surface area contributed by atoms with Crippen molar-refractivity contribution in [1.29, 1.82) is 0 Å². The number of rotatable bonds is 3. The van der Waals surface area contributed by atoms with E-state index in [1.807, 2.05) is 13.2 Å². The fourth-order valence-electron chi connectivity index (χ4n) is 5.31. The molecule has 1 aromatic rings. The molecule has 1 aromatic heterocycles. The van der Waals surface area contributed by atoms with Gasteiger partial charge in [0.2, 0.25) is 0 Å². The number of aromatic amines is 1. The molecule has 0 saturated heterocycles. The van der Waals surface area contributed by atoms with Gasteiger partial charge in [-0.15, -0.1) is 0 Å². The normalized spacial score (nSPS) is 41.5. The van der Waals surface area contributed by atoms with Gasteiger partial charge >= 0.3 is 0 Å². The van der Waals surface area contributed by atoms with Crippen LogP contribution >= 0.6 is 0 Å². The van der Waals surface area contributed by atoms with Crippen LogP contribution in [-0.4, -0.2) is 17.0 Å². The van der Waals surface area contributed by atoms with Crippen molar-refractivity contribution in [1.82, 2.24) is 15.3 Å². The van der Waals surface area contributed by atoms with Crippen LogP contribution < -0.4 is 5.32 Å². The molecule has 1 heterocycles. The summed E-state index contributed by atoms with van der Waals surface area (Å²) in [4.78, 5) is 8.33. The van der Waals surface area contributed by atoms with Crippen LogP contribution in [0.2, 0.25) is 0 Å². The first kappa shape index (κ1) is 11.0. The van der Waals surface area contributed by atoms with Crippen molar-refractivity contribution < 1.29 is 0 Å². The molecule has 0 aliphatic heterocycles. The predicted octanol–water partition coefficient (Wildman–Crippen LogP) is 2.60. The molecule has 3 heteroatoms. The van der Waals surface area contributed by atoms with Crippen molar-refractivity contribution in [3.63, 3.8) is 0 Å². The van der Waals surface area contributed by atoms with Crippen LogP contribution in [0.3, 0.4) is 0 Å². The van der Waals surface area contributed by atoms with E-state index in [9.17, 15) is 0 Å². The average molecular weight is 245 g/mol. The molecule has 0 spiro atoms. The zero-order valence-corrected chi connectivity index (χ0v) is 11.2. The molecule has 0 atom stereocenters. The van der Waals surface area contributed by atoms with Gasteiger partial charge in [-0.05, 0) is 63.3 Å². The van der Waals surface area contributed by atoms with E-state index < -0.39 is 0 Å². The molecule has 3 nitrogen and oxygen atoms in total. The number of nitrogens with one attached hydrogen (secondary N) is 2. The van der Waals surface area contributed by atoms with Gasteiger partial charge in [-0.25, -0.2) is 4.98 Å². The highest BCUT2D eigenvalue weighted by Crippen LogP contribution is 2.60. The maximum Gasteiger partial charge on any atom is 0.112 e. The Kier molecular flexibility index (Phi) is 2.35. The van der Waals surface area contributed by atoms with Crippen molar-refractivity contribution in [3.05, 3.63) is 17.7 Å². The highest BCUT2D eigenvalue weighted by molar-refractivity contribution is 5.19. The van der Waals surface area contributed by atoms with E-state index in [0.29, 0.717) is 5.41 Å². The van der Waals surface area contributed by atoms with E-state index in [0.717, 1.165) is 24.3 Å². The van der Waals surface area contributed by atoms with Crippen molar-refractivity contribution >= 4 is 0 Å². The van der Waals surface area contributed by atoms with Gasteiger partial charge in [-0.3, -0.25) is 0 Å². The number of nitrogens with zero attached hydrogens (tertiary/aromatic N) is 1. The standard InChI is InChI=1S/C15H23N3/c1-16-8-13-9-17-14(18-13)15-5-10-2-11(6-15)4-12(3-10)7-15/h9-12,16H,2-8H2,1H3,(H,17,18). The van der Waals surface area contributed by atoms with Crippen LogP contribution in [0.5, 0.6) is 0 Å². The summed E-state index contributed by atoms with van der Waals surface area (Å²) in [5.41, 5.74) is 1.66. The summed E-state index contributed by atoms with van der Waals surface area (Å²) in [6.07, 6.45) is 10.7.